The molecule has 10 nitrogen and oxygen atoms in total. The Kier molecular flexibility index (Phi) is 5.50. The van der Waals surface area contributed by atoms with E-state index in [1.807, 2.05) is 0 Å². The molecule has 0 radical (unpaired) electrons. The zero-order valence-electron chi connectivity index (χ0n) is 17.1. The lowest BCUT2D eigenvalue weighted by atomic mass is 9.77. The van der Waals surface area contributed by atoms with Gasteiger partial charge in [0, 0.05) is 11.0 Å². The lowest BCUT2D eigenvalue weighted by Crippen LogP contribution is -2.21. The molecule has 2 aliphatic rings. The predicted octanol–water partition coefficient (Wildman–Crippen LogP) is 3.38. The molecule has 0 amide bonds. The van der Waals surface area contributed by atoms with E-state index in [1.165, 1.54) is 12.1 Å². The van der Waals surface area contributed by atoms with Crippen LogP contribution in [-0.4, -0.2) is 48.5 Å². The first-order valence-electron chi connectivity index (χ1n) is 9.83. The Morgan fingerprint density at radius 2 is 1.45 bits per heavy atom. The number of ether oxygens (including phenoxy) is 4. The maximum Gasteiger partial charge on any atom is 0.387 e. The Labute approximate surface area is 178 Å². The molecule has 2 unspecified atom stereocenters. The van der Waals surface area contributed by atoms with Crippen LogP contribution in [0, 0.1) is 20.2 Å². The van der Waals surface area contributed by atoms with Gasteiger partial charge in [-0.25, -0.2) is 0 Å². The minimum atomic E-state index is -0.885. The third-order valence-electron chi connectivity index (χ3n) is 5.39. The topological polar surface area (TPSA) is 130 Å². The zero-order chi connectivity index (χ0) is 22.2. The molecule has 0 aliphatic carbocycles. The van der Waals surface area contributed by atoms with Crippen LogP contribution in [0.5, 0.6) is 11.5 Å². The molecule has 2 fully saturated rings. The highest BCUT2D eigenvalue weighted by atomic mass is 16.6. The van der Waals surface area contributed by atoms with Gasteiger partial charge in [-0.1, -0.05) is 26.0 Å². The molecule has 10 heteroatoms. The van der Waals surface area contributed by atoms with E-state index in [1.54, 1.807) is 38.1 Å². The summed E-state index contributed by atoms with van der Waals surface area (Å²) in [7, 11) is 0. The van der Waals surface area contributed by atoms with E-state index in [0.29, 0.717) is 25.6 Å². The smallest absolute Gasteiger partial charge is 0.387 e. The Morgan fingerprint density at radius 3 is 1.97 bits per heavy atom. The van der Waals surface area contributed by atoms with Gasteiger partial charge in [0.05, 0.1) is 23.1 Å². The molecule has 2 aromatic rings. The van der Waals surface area contributed by atoms with Gasteiger partial charge in [0.2, 0.25) is 5.75 Å². The molecule has 0 N–H and O–H groups in total. The monoisotopic (exact) mass is 430 g/mol. The number of hydrogen-bond donors (Lipinski definition) is 0. The number of hydrogen-bond acceptors (Lipinski definition) is 8. The summed E-state index contributed by atoms with van der Waals surface area (Å²) < 4.78 is 21.2. The molecule has 2 aromatic carbocycles. The van der Waals surface area contributed by atoms with Crippen molar-refractivity contribution in [2.75, 3.05) is 26.4 Å². The van der Waals surface area contributed by atoms with Crippen molar-refractivity contribution in [3.63, 3.8) is 0 Å². The first kappa shape index (κ1) is 21.0. The quantitative estimate of drug-likeness (QED) is 0.319. The van der Waals surface area contributed by atoms with Crippen molar-refractivity contribution < 1.29 is 28.8 Å². The van der Waals surface area contributed by atoms with Crippen LogP contribution in [0.25, 0.3) is 0 Å². The van der Waals surface area contributed by atoms with Gasteiger partial charge in [-0.3, -0.25) is 20.2 Å². The van der Waals surface area contributed by atoms with E-state index < -0.39 is 26.6 Å². The second-order valence-corrected chi connectivity index (χ2v) is 8.00. The van der Waals surface area contributed by atoms with Crippen molar-refractivity contribution in [2.45, 2.75) is 31.5 Å². The fourth-order valence-electron chi connectivity index (χ4n) is 3.37. The van der Waals surface area contributed by atoms with Crippen LogP contribution in [0.15, 0.2) is 36.4 Å². The van der Waals surface area contributed by atoms with E-state index in [0.717, 1.165) is 5.56 Å². The number of epoxide rings is 2. The average Bonchev–Trinajstić information content (AvgIpc) is 3.65. The number of benzene rings is 2. The summed E-state index contributed by atoms with van der Waals surface area (Å²) in [5.41, 5.74) is -1.14. The van der Waals surface area contributed by atoms with E-state index in [9.17, 15) is 20.2 Å². The Balaban J connectivity index is 1.67. The Bertz CT molecular complexity index is 997. The molecule has 2 heterocycles. The van der Waals surface area contributed by atoms with E-state index >= 15 is 0 Å². The van der Waals surface area contributed by atoms with Crippen LogP contribution >= 0.6 is 0 Å². The first-order chi connectivity index (χ1) is 14.8. The van der Waals surface area contributed by atoms with E-state index in [-0.39, 0.29) is 30.1 Å². The standard InChI is InChI=1S/C21H22N2O8/c1-21(2,13-3-5-14(6-4-13)28-9-15-10-29-15)17-7-8-18(31-12-16-11-30-16)20(23(26)27)19(17)22(24)25/h3-8,15-16H,9-12H2,1-2H3. The van der Waals surface area contributed by atoms with Crippen molar-refractivity contribution in [3.8, 4) is 11.5 Å². The molecule has 2 aliphatic heterocycles. The molecule has 4 rings (SSSR count). The molecule has 31 heavy (non-hydrogen) atoms. The highest BCUT2D eigenvalue weighted by molar-refractivity contribution is 5.68. The van der Waals surface area contributed by atoms with Gasteiger partial charge >= 0.3 is 11.4 Å². The van der Waals surface area contributed by atoms with Crippen LogP contribution < -0.4 is 9.47 Å². The minimum Gasteiger partial charge on any atom is -0.491 e. The SMILES string of the molecule is CC(C)(c1ccc(OCC2CO2)cc1)c1ccc(OCC2CO2)c([N+](=O)[O-])c1[N+](=O)[O-]. The van der Waals surface area contributed by atoms with Crippen LogP contribution in [0.2, 0.25) is 0 Å². The summed E-state index contributed by atoms with van der Waals surface area (Å²) in [6.45, 7) is 5.34. The van der Waals surface area contributed by atoms with E-state index in [2.05, 4.69) is 0 Å². The van der Waals surface area contributed by atoms with Gasteiger partial charge in [0.1, 0.15) is 31.2 Å². The van der Waals surface area contributed by atoms with Crippen molar-refractivity contribution in [1.82, 2.24) is 0 Å². The van der Waals surface area contributed by atoms with Gasteiger partial charge < -0.3 is 18.9 Å². The summed E-state index contributed by atoms with van der Waals surface area (Å²) in [4.78, 5) is 22.2. The Morgan fingerprint density at radius 1 is 0.903 bits per heavy atom. The maximum absolute atomic E-state index is 11.9. The summed E-state index contributed by atoms with van der Waals surface area (Å²) in [6.07, 6.45) is -0.00600. The first-order valence-corrected chi connectivity index (χ1v) is 9.83. The lowest BCUT2D eigenvalue weighted by molar-refractivity contribution is -0.423. The average molecular weight is 430 g/mol. The third-order valence-corrected chi connectivity index (χ3v) is 5.39. The summed E-state index contributed by atoms with van der Waals surface area (Å²) >= 11 is 0. The highest BCUT2D eigenvalue weighted by Gasteiger charge is 2.40. The highest BCUT2D eigenvalue weighted by Crippen LogP contribution is 2.46. The maximum atomic E-state index is 11.9. The normalized spacial score (nSPS) is 19.5. The predicted molar refractivity (Wildman–Crippen MR) is 109 cm³/mol. The second kappa shape index (κ2) is 8.12. The van der Waals surface area contributed by atoms with Crippen molar-refractivity contribution in [3.05, 3.63) is 67.8 Å². The van der Waals surface area contributed by atoms with Gasteiger partial charge in [0.25, 0.3) is 0 Å². The van der Waals surface area contributed by atoms with Gasteiger partial charge in [-0.2, -0.15) is 0 Å². The van der Waals surface area contributed by atoms with Gasteiger partial charge in [-0.15, -0.1) is 0 Å². The van der Waals surface area contributed by atoms with Gasteiger partial charge in [-0.05, 0) is 29.8 Å². The second-order valence-electron chi connectivity index (χ2n) is 8.00. The summed E-state index contributed by atoms with van der Waals surface area (Å²) in [5, 5.41) is 23.7. The molecule has 164 valence electrons. The Hall–Kier alpha value is -3.24. The molecule has 0 spiro atoms. The largest absolute Gasteiger partial charge is 0.491 e. The summed E-state index contributed by atoms with van der Waals surface area (Å²) in [5.74, 6) is 0.513. The van der Waals surface area contributed by atoms with Crippen LogP contribution in [0.4, 0.5) is 11.4 Å². The van der Waals surface area contributed by atoms with E-state index in [4.69, 9.17) is 18.9 Å². The third kappa shape index (κ3) is 4.59. The number of nitro groups is 2. The number of rotatable bonds is 10. The molecule has 2 atom stereocenters. The molecule has 2 saturated heterocycles. The van der Waals surface area contributed by atoms with Crippen LogP contribution in [0.3, 0.4) is 0 Å². The van der Waals surface area contributed by atoms with Crippen molar-refractivity contribution in [1.29, 1.82) is 0 Å². The zero-order valence-corrected chi connectivity index (χ0v) is 17.1. The molecule has 0 bridgehead atoms. The minimum absolute atomic E-state index is 0.105. The molecule has 0 aromatic heterocycles. The number of nitro benzene ring substituents is 2. The van der Waals surface area contributed by atoms with Crippen molar-refractivity contribution >= 4 is 11.4 Å². The summed E-state index contributed by atoms with van der Waals surface area (Å²) in [6, 6.07) is 10.1. The molecular formula is C21H22N2O8. The number of nitrogens with zero attached hydrogens (tertiary/aromatic N) is 2. The fourth-order valence-corrected chi connectivity index (χ4v) is 3.37. The fraction of sp³-hybridized carbons (Fsp3) is 0.429. The van der Waals surface area contributed by atoms with Crippen LogP contribution in [-0.2, 0) is 14.9 Å². The van der Waals surface area contributed by atoms with Crippen LogP contribution in [0.1, 0.15) is 25.0 Å². The van der Waals surface area contributed by atoms with Crippen molar-refractivity contribution in [2.24, 2.45) is 0 Å². The molecular weight excluding hydrogens is 408 g/mol. The lowest BCUT2D eigenvalue weighted by Gasteiger charge is -2.26. The molecule has 0 saturated carbocycles. The van der Waals surface area contributed by atoms with Gasteiger partial charge in [0.15, 0.2) is 0 Å².